The molecule has 33 heavy (non-hydrogen) atoms. The number of aryl methyl sites for hydroxylation is 2. The largest absolute Gasteiger partial charge is 0.487 e. The fourth-order valence-electron chi connectivity index (χ4n) is 4.24. The smallest absolute Gasteiger partial charge is 0.262 e. The molecule has 8 heteroatoms. The molecule has 2 aromatic carbocycles. The Labute approximate surface area is 190 Å². The maximum absolute atomic E-state index is 12.5. The van der Waals surface area contributed by atoms with Gasteiger partial charge in [-0.05, 0) is 37.6 Å². The number of fused-ring (bicyclic) bond motifs is 2. The second-order valence-corrected chi connectivity index (χ2v) is 8.23. The number of hydrogen-bond donors (Lipinski definition) is 1. The first kappa shape index (κ1) is 20.8. The van der Waals surface area contributed by atoms with Gasteiger partial charge in [0.25, 0.3) is 11.8 Å². The Kier molecular flexibility index (Phi) is 5.12. The van der Waals surface area contributed by atoms with Crippen molar-refractivity contribution >= 4 is 17.7 Å². The molecule has 5 rings (SSSR count). The zero-order chi connectivity index (χ0) is 23.1. The Balaban J connectivity index is 1.24. The molecule has 0 saturated carbocycles. The number of nitrogens with one attached hydrogen (secondary N) is 1. The fourth-order valence-corrected chi connectivity index (χ4v) is 4.24. The fraction of sp³-hybridized carbons (Fsp3) is 0.240. The Morgan fingerprint density at radius 2 is 1.76 bits per heavy atom. The molecule has 3 heterocycles. The topological polar surface area (TPSA) is 101 Å². The van der Waals surface area contributed by atoms with E-state index in [9.17, 15) is 14.4 Å². The van der Waals surface area contributed by atoms with Crippen molar-refractivity contribution in [3.8, 4) is 17.0 Å². The van der Waals surface area contributed by atoms with Gasteiger partial charge in [-0.25, -0.2) is 4.98 Å². The van der Waals surface area contributed by atoms with Crippen LogP contribution in [0.3, 0.4) is 0 Å². The lowest BCUT2D eigenvalue weighted by Crippen LogP contribution is -2.43. The molecule has 1 unspecified atom stereocenters. The maximum atomic E-state index is 12.5. The summed E-state index contributed by atoms with van der Waals surface area (Å²) < 4.78 is 6.17. The van der Waals surface area contributed by atoms with Crippen molar-refractivity contribution in [3.05, 3.63) is 76.7 Å². The summed E-state index contributed by atoms with van der Waals surface area (Å²) in [4.78, 5) is 47.4. The molecule has 3 amide bonds. The molecule has 8 nitrogen and oxygen atoms in total. The summed E-state index contributed by atoms with van der Waals surface area (Å²) >= 11 is 0. The molecular formula is C25H22N4O4. The number of amides is 3. The van der Waals surface area contributed by atoms with E-state index in [1.54, 1.807) is 30.5 Å². The minimum atomic E-state index is -0.449. The van der Waals surface area contributed by atoms with Crippen LogP contribution in [0.2, 0.25) is 0 Å². The lowest BCUT2D eigenvalue weighted by atomic mass is 10.0. The monoisotopic (exact) mass is 442 g/mol. The number of benzene rings is 2. The number of aromatic nitrogens is 2. The molecule has 1 aromatic heterocycles. The van der Waals surface area contributed by atoms with Gasteiger partial charge in [-0.15, -0.1) is 0 Å². The van der Waals surface area contributed by atoms with Crippen LogP contribution in [0.25, 0.3) is 11.3 Å². The molecule has 1 atom stereocenters. The van der Waals surface area contributed by atoms with Crippen LogP contribution in [0, 0.1) is 13.8 Å². The van der Waals surface area contributed by atoms with Crippen molar-refractivity contribution < 1.29 is 19.1 Å². The van der Waals surface area contributed by atoms with Gasteiger partial charge in [-0.2, -0.15) is 0 Å². The number of carbonyl (C=O) groups excluding carboxylic acids is 3. The third kappa shape index (κ3) is 3.73. The first-order valence-electron chi connectivity index (χ1n) is 10.7. The predicted octanol–water partition coefficient (Wildman–Crippen LogP) is 2.48. The Hall–Kier alpha value is -4.07. The Morgan fingerprint density at radius 3 is 2.48 bits per heavy atom. The van der Waals surface area contributed by atoms with E-state index in [2.05, 4.69) is 15.3 Å². The van der Waals surface area contributed by atoms with E-state index in [4.69, 9.17) is 4.74 Å². The van der Waals surface area contributed by atoms with Crippen molar-refractivity contribution in [2.24, 2.45) is 0 Å². The standard InChI is InChI=1S/C25H22N4O4/c1-14-11-26-15(2)22(28-14)20-9-5-6-16-10-17(33-23(16)20)12-27-21(30)13-29-24(31)18-7-3-4-8-19(18)25(29)32/h3-9,11,17H,10,12-13H2,1-2H3,(H,27,30). The van der Waals surface area contributed by atoms with Gasteiger partial charge in [0.05, 0.1) is 34.8 Å². The summed E-state index contributed by atoms with van der Waals surface area (Å²) in [6, 6.07) is 12.5. The Morgan fingerprint density at radius 1 is 1.06 bits per heavy atom. The van der Waals surface area contributed by atoms with Crippen LogP contribution in [0.4, 0.5) is 0 Å². The molecule has 2 aliphatic rings. The van der Waals surface area contributed by atoms with Gasteiger partial charge < -0.3 is 10.1 Å². The van der Waals surface area contributed by atoms with Gasteiger partial charge >= 0.3 is 0 Å². The van der Waals surface area contributed by atoms with E-state index in [-0.39, 0.29) is 19.2 Å². The first-order chi connectivity index (χ1) is 15.9. The Bertz CT molecular complexity index is 1270. The van der Waals surface area contributed by atoms with Gasteiger partial charge in [-0.3, -0.25) is 24.3 Å². The van der Waals surface area contributed by atoms with E-state index in [0.29, 0.717) is 17.5 Å². The van der Waals surface area contributed by atoms with Gasteiger partial charge in [0.1, 0.15) is 18.4 Å². The van der Waals surface area contributed by atoms with Gasteiger partial charge in [-0.1, -0.05) is 24.3 Å². The molecule has 3 aromatic rings. The summed E-state index contributed by atoms with van der Waals surface area (Å²) in [6.45, 7) is 3.74. The molecule has 0 fully saturated rings. The number of imide groups is 1. The summed E-state index contributed by atoms with van der Waals surface area (Å²) in [6.07, 6.45) is 2.11. The molecule has 2 aliphatic heterocycles. The van der Waals surface area contributed by atoms with E-state index in [1.807, 2.05) is 32.0 Å². The normalized spacial score (nSPS) is 16.4. The summed E-state index contributed by atoms with van der Waals surface area (Å²) in [5, 5.41) is 2.80. The van der Waals surface area contributed by atoms with Crippen molar-refractivity contribution in [2.45, 2.75) is 26.4 Å². The van der Waals surface area contributed by atoms with Gasteiger partial charge in [0.15, 0.2) is 0 Å². The van der Waals surface area contributed by atoms with Crippen LogP contribution < -0.4 is 10.1 Å². The molecule has 1 N–H and O–H groups in total. The highest BCUT2D eigenvalue weighted by atomic mass is 16.5. The number of hydrogen-bond acceptors (Lipinski definition) is 6. The van der Waals surface area contributed by atoms with E-state index < -0.39 is 17.7 Å². The van der Waals surface area contributed by atoms with E-state index in [1.165, 1.54) is 0 Å². The lowest BCUT2D eigenvalue weighted by Gasteiger charge is -2.16. The number of rotatable bonds is 5. The lowest BCUT2D eigenvalue weighted by molar-refractivity contribution is -0.121. The van der Waals surface area contributed by atoms with Crippen LogP contribution in [0.15, 0.2) is 48.7 Å². The molecule has 0 bridgehead atoms. The highest BCUT2D eigenvalue weighted by Gasteiger charge is 2.36. The molecule has 166 valence electrons. The predicted molar refractivity (Wildman–Crippen MR) is 120 cm³/mol. The zero-order valence-electron chi connectivity index (χ0n) is 18.3. The molecule has 0 spiro atoms. The maximum Gasteiger partial charge on any atom is 0.262 e. The van der Waals surface area contributed by atoms with Crippen molar-refractivity contribution in [2.75, 3.05) is 13.1 Å². The molecule has 0 saturated heterocycles. The first-order valence-corrected chi connectivity index (χ1v) is 10.7. The van der Waals surface area contributed by atoms with Crippen molar-refractivity contribution in [1.29, 1.82) is 0 Å². The van der Waals surface area contributed by atoms with Crippen molar-refractivity contribution in [1.82, 2.24) is 20.2 Å². The zero-order valence-corrected chi connectivity index (χ0v) is 18.3. The molecule has 0 radical (unpaired) electrons. The van der Waals surface area contributed by atoms with Crippen molar-refractivity contribution in [3.63, 3.8) is 0 Å². The SMILES string of the molecule is Cc1cnc(C)c(-c2cccc3c2OC(CNC(=O)CN2C(=O)c4ccccc4C2=O)C3)n1. The van der Waals surface area contributed by atoms with Crippen LogP contribution in [0.5, 0.6) is 5.75 Å². The summed E-state index contributed by atoms with van der Waals surface area (Å²) in [7, 11) is 0. The highest BCUT2D eigenvalue weighted by Crippen LogP contribution is 2.38. The van der Waals surface area contributed by atoms with Gasteiger partial charge in [0.2, 0.25) is 5.91 Å². The number of ether oxygens (including phenoxy) is 1. The minimum Gasteiger partial charge on any atom is -0.487 e. The number of para-hydroxylation sites is 1. The molecule has 0 aliphatic carbocycles. The van der Waals surface area contributed by atoms with Crippen LogP contribution in [-0.4, -0.2) is 51.8 Å². The highest BCUT2D eigenvalue weighted by molar-refractivity contribution is 6.22. The summed E-state index contributed by atoms with van der Waals surface area (Å²) in [5.41, 5.74) is 4.98. The van der Waals surface area contributed by atoms with E-state index >= 15 is 0 Å². The van der Waals surface area contributed by atoms with Crippen LogP contribution in [0.1, 0.15) is 37.7 Å². The third-order valence-electron chi connectivity index (χ3n) is 5.87. The number of nitrogens with zero attached hydrogens (tertiary/aromatic N) is 3. The summed E-state index contributed by atoms with van der Waals surface area (Å²) in [5.74, 6) is -0.561. The molecular weight excluding hydrogens is 420 g/mol. The second-order valence-electron chi connectivity index (χ2n) is 8.23. The quantitative estimate of drug-likeness (QED) is 0.609. The van der Waals surface area contributed by atoms with Crippen LogP contribution >= 0.6 is 0 Å². The average molecular weight is 442 g/mol. The van der Waals surface area contributed by atoms with Crippen LogP contribution in [-0.2, 0) is 11.2 Å². The third-order valence-corrected chi connectivity index (χ3v) is 5.87. The second kappa shape index (κ2) is 8.12. The number of carbonyl (C=O) groups is 3. The minimum absolute atomic E-state index is 0.259. The van der Waals surface area contributed by atoms with Gasteiger partial charge in [0, 0.05) is 18.2 Å². The average Bonchev–Trinajstić information content (AvgIpc) is 3.34. The van der Waals surface area contributed by atoms with E-state index in [0.717, 1.165) is 38.9 Å².